The number of non-ortho nitro benzene ring substituents is 1. The Morgan fingerprint density at radius 3 is 2.53 bits per heavy atom. The van der Waals surface area contributed by atoms with Gasteiger partial charge in [-0.1, -0.05) is 18.2 Å². The van der Waals surface area contributed by atoms with E-state index in [4.69, 9.17) is 0 Å². The molecule has 1 saturated heterocycles. The number of carbonyl (C=O) groups is 1. The molecular weight excluding hydrogens is 466 g/mol. The van der Waals surface area contributed by atoms with Crippen LogP contribution >= 0.6 is 11.8 Å². The van der Waals surface area contributed by atoms with Crippen molar-refractivity contribution in [1.82, 2.24) is 19.7 Å². The number of rotatable bonds is 8. The van der Waals surface area contributed by atoms with Crippen LogP contribution in [0.4, 0.5) is 20.2 Å². The lowest BCUT2D eigenvalue weighted by Gasteiger charge is -2.26. The summed E-state index contributed by atoms with van der Waals surface area (Å²) in [5, 5.41) is 22.2. The zero-order valence-corrected chi connectivity index (χ0v) is 18.9. The van der Waals surface area contributed by atoms with Crippen LogP contribution in [0.1, 0.15) is 25.1 Å². The first-order valence-electron chi connectivity index (χ1n) is 10.7. The average molecular weight is 489 g/mol. The highest BCUT2D eigenvalue weighted by Crippen LogP contribution is 2.25. The van der Waals surface area contributed by atoms with Crippen LogP contribution in [0.3, 0.4) is 0 Å². The summed E-state index contributed by atoms with van der Waals surface area (Å²) in [6.45, 7) is 2.47. The molecule has 0 unspecified atom stereocenters. The molecule has 178 valence electrons. The summed E-state index contributed by atoms with van der Waals surface area (Å²) < 4.78 is 29.3. The van der Waals surface area contributed by atoms with Gasteiger partial charge in [-0.25, -0.2) is 8.78 Å². The highest BCUT2D eigenvalue weighted by atomic mass is 32.2. The third kappa shape index (κ3) is 5.75. The first kappa shape index (κ1) is 23.8. The number of likely N-dealkylation sites (tertiary alicyclic amines) is 1. The van der Waals surface area contributed by atoms with E-state index in [2.05, 4.69) is 20.4 Å². The topological polar surface area (TPSA) is 106 Å². The summed E-state index contributed by atoms with van der Waals surface area (Å²) in [6.07, 6.45) is 3.42. The molecule has 2 aromatic carbocycles. The molecule has 1 fully saturated rings. The Morgan fingerprint density at radius 2 is 1.82 bits per heavy atom. The smallest absolute Gasteiger partial charge is 0.271 e. The van der Waals surface area contributed by atoms with Crippen molar-refractivity contribution in [3.63, 3.8) is 0 Å². The molecule has 0 saturated carbocycles. The van der Waals surface area contributed by atoms with Crippen LogP contribution in [-0.4, -0.2) is 49.3 Å². The predicted molar refractivity (Wildman–Crippen MR) is 123 cm³/mol. The van der Waals surface area contributed by atoms with Crippen molar-refractivity contribution in [2.45, 2.75) is 31.0 Å². The van der Waals surface area contributed by atoms with Crippen molar-refractivity contribution in [3.05, 3.63) is 70.0 Å². The van der Waals surface area contributed by atoms with Gasteiger partial charge in [0.05, 0.1) is 22.9 Å². The number of aromatic nitrogens is 3. The van der Waals surface area contributed by atoms with E-state index in [1.807, 2.05) is 0 Å². The number of amides is 1. The van der Waals surface area contributed by atoms with Crippen LogP contribution in [0.15, 0.2) is 47.6 Å². The molecule has 3 aromatic rings. The average Bonchev–Trinajstić information content (AvgIpc) is 3.22. The van der Waals surface area contributed by atoms with Crippen LogP contribution in [0.2, 0.25) is 0 Å². The summed E-state index contributed by atoms with van der Waals surface area (Å²) in [5.74, 6) is -1.17. The molecule has 1 N–H and O–H groups in total. The van der Waals surface area contributed by atoms with E-state index >= 15 is 0 Å². The largest absolute Gasteiger partial charge is 0.323 e. The summed E-state index contributed by atoms with van der Waals surface area (Å²) in [5.41, 5.74) is 0.0550. The van der Waals surface area contributed by atoms with Gasteiger partial charge in [0.1, 0.15) is 11.6 Å². The Labute approximate surface area is 198 Å². The van der Waals surface area contributed by atoms with Crippen molar-refractivity contribution >= 4 is 29.0 Å². The summed E-state index contributed by atoms with van der Waals surface area (Å²) in [6, 6.07) is 8.82. The maximum atomic E-state index is 14.0. The van der Waals surface area contributed by atoms with Crippen LogP contribution in [0, 0.1) is 21.7 Å². The first-order chi connectivity index (χ1) is 16.4. The second-order valence-corrected chi connectivity index (χ2v) is 8.75. The number of anilines is 1. The minimum Gasteiger partial charge on any atom is -0.323 e. The Bertz CT molecular complexity index is 1180. The van der Waals surface area contributed by atoms with Gasteiger partial charge < -0.3 is 5.32 Å². The molecule has 0 aliphatic carbocycles. The van der Waals surface area contributed by atoms with Gasteiger partial charge >= 0.3 is 0 Å². The fourth-order valence-corrected chi connectivity index (χ4v) is 4.47. The zero-order chi connectivity index (χ0) is 24.1. The monoisotopic (exact) mass is 488 g/mol. The van der Waals surface area contributed by atoms with Crippen molar-refractivity contribution in [2.75, 3.05) is 24.2 Å². The first-order valence-corrected chi connectivity index (χ1v) is 11.7. The third-order valence-electron chi connectivity index (χ3n) is 5.37. The molecular formula is C22H22F2N6O3S. The SMILES string of the molecule is O=C(CSc1nnc(CN2CCCCC2)n1-c1ccc(F)cc1)Nc1cc([N+](=O)[O-])ccc1F. The van der Waals surface area contributed by atoms with Gasteiger partial charge in [0.2, 0.25) is 5.91 Å². The van der Waals surface area contributed by atoms with Gasteiger partial charge in [0, 0.05) is 17.8 Å². The Balaban J connectivity index is 1.51. The lowest BCUT2D eigenvalue weighted by atomic mass is 10.1. The van der Waals surface area contributed by atoms with Gasteiger partial charge in [-0.2, -0.15) is 0 Å². The molecule has 2 heterocycles. The molecule has 1 aromatic heterocycles. The van der Waals surface area contributed by atoms with Gasteiger partial charge in [0.25, 0.3) is 5.69 Å². The molecule has 0 atom stereocenters. The molecule has 0 radical (unpaired) electrons. The third-order valence-corrected chi connectivity index (χ3v) is 6.30. The molecule has 1 aliphatic rings. The minimum atomic E-state index is -0.776. The van der Waals surface area contributed by atoms with Gasteiger partial charge in [-0.3, -0.25) is 24.4 Å². The summed E-state index contributed by atoms with van der Waals surface area (Å²) >= 11 is 1.08. The summed E-state index contributed by atoms with van der Waals surface area (Å²) in [7, 11) is 0. The van der Waals surface area contributed by atoms with E-state index in [1.165, 1.54) is 18.6 Å². The Hall–Kier alpha value is -3.38. The highest BCUT2D eigenvalue weighted by molar-refractivity contribution is 7.99. The molecule has 1 amide bonds. The normalized spacial score (nSPS) is 14.2. The fourth-order valence-electron chi connectivity index (χ4n) is 3.70. The number of piperidine rings is 1. The van der Waals surface area contributed by atoms with E-state index in [0.29, 0.717) is 23.2 Å². The minimum absolute atomic E-state index is 0.134. The fraction of sp³-hybridized carbons (Fsp3) is 0.318. The van der Waals surface area contributed by atoms with Crippen LogP contribution < -0.4 is 5.32 Å². The summed E-state index contributed by atoms with van der Waals surface area (Å²) in [4.78, 5) is 25.0. The molecule has 9 nitrogen and oxygen atoms in total. The predicted octanol–water partition coefficient (Wildman–Crippen LogP) is 4.17. The van der Waals surface area contributed by atoms with E-state index in [9.17, 15) is 23.7 Å². The molecule has 12 heteroatoms. The number of nitro benzene ring substituents is 1. The zero-order valence-electron chi connectivity index (χ0n) is 18.1. The maximum absolute atomic E-state index is 14.0. The van der Waals surface area contributed by atoms with E-state index in [0.717, 1.165) is 55.9 Å². The standard InChI is InChI=1S/C22H22F2N6O3S/c23-15-4-6-16(7-5-15)29-20(13-28-10-2-1-3-11-28)26-27-22(29)34-14-21(31)25-19-12-17(30(32)33)8-9-18(19)24/h4-9,12H,1-3,10-11,13-14H2,(H,25,31). The number of thioether (sulfide) groups is 1. The van der Waals surface area contributed by atoms with E-state index < -0.39 is 16.6 Å². The van der Waals surface area contributed by atoms with Crippen LogP contribution in [-0.2, 0) is 11.3 Å². The van der Waals surface area contributed by atoms with Crippen molar-refractivity contribution < 1.29 is 18.5 Å². The molecule has 1 aliphatic heterocycles. The number of carbonyl (C=O) groups excluding carboxylic acids is 1. The number of nitrogens with one attached hydrogen (secondary N) is 1. The van der Waals surface area contributed by atoms with E-state index in [1.54, 1.807) is 16.7 Å². The second kappa shape index (κ2) is 10.7. The van der Waals surface area contributed by atoms with Crippen molar-refractivity contribution in [1.29, 1.82) is 0 Å². The number of hydrogen-bond donors (Lipinski definition) is 1. The number of halogens is 2. The van der Waals surface area contributed by atoms with Crippen LogP contribution in [0.5, 0.6) is 0 Å². The highest BCUT2D eigenvalue weighted by Gasteiger charge is 2.20. The van der Waals surface area contributed by atoms with Crippen molar-refractivity contribution in [3.8, 4) is 5.69 Å². The molecule has 0 bridgehead atoms. The Morgan fingerprint density at radius 1 is 1.09 bits per heavy atom. The number of nitrogens with zero attached hydrogens (tertiary/aromatic N) is 5. The number of hydrogen-bond acceptors (Lipinski definition) is 7. The quantitative estimate of drug-likeness (QED) is 0.288. The lowest BCUT2D eigenvalue weighted by molar-refractivity contribution is -0.384. The number of benzene rings is 2. The Kier molecular flexibility index (Phi) is 7.48. The molecule has 0 spiro atoms. The second-order valence-electron chi connectivity index (χ2n) is 7.81. The van der Waals surface area contributed by atoms with Gasteiger partial charge in [-0.15, -0.1) is 10.2 Å². The molecule has 4 rings (SSSR count). The maximum Gasteiger partial charge on any atom is 0.271 e. The molecule has 34 heavy (non-hydrogen) atoms. The van der Waals surface area contributed by atoms with E-state index in [-0.39, 0.29) is 22.9 Å². The van der Waals surface area contributed by atoms with Gasteiger partial charge in [-0.05, 0) is 56.3 Å². The van der Waals surface area contributed by atoms with Gasteiger partial charge in [0.15, 0.2) is 11.0 Å². The van der Waals surface area contributed by atoms with Crippen LogP contribution in [0.25, 0.3) is 5.69 Å². The van der Waals surface area contributed by atoms with Crippen molar-refractivity contribution in [2.24, 2.45) is 0 Å². The lowest BCUT2D eigenvalue weighted by Crippen LogP contribution is -2.30. The number of nitro groups is 1.